The summed E-state index contributed by atoms with van der Waals surface area (Å²) in [6.07, 6.45) is -9.43. The molecule has 17 heavy (non-hydrogen) atoms. The molecule has 0 aliphatic carbocycles. The molecule has 0 radical (unpaired) electrons. The highest BCUT2D eigenvalue weighted by Crippen LogP contribution is 2.37. The van der Waals surface area contributed by atoms with Gasteiger partial charge in [-0.3, -0.25) is 0 Å². The fraction of sp³-hybridized carbons (Fsp3) is 0.333. The van der Waals surface area contributed by atoms with Crippen LogP contribution in [0, 0.1) is 17.3 Å². The van der Waals surface area contributed by atoms with Crippen LogP contribution in [-0.2, 0) is 12.6 Å². The van der Waals surface area contributed by atoms with Crippen LogP contribution >= 0.6 is 0 Å². The highest BCUT2D eigenvalue weighted by molar-refractivity contribution is 5.35. The molecule has 0 atom stereocenters. The third-order valence-corrected chi connectivity index (χ3v) is 1.88. The largest absolute Gasteiger partial charge is 0.417 e. The summed E-state index contributed by atoms with van der Waals surface area (Å²) < 4.78 is 75.0. The van der Waals surface area contributed by atoms with Gasteiger partial charge < -0.3 is 0 Å². The molecule has 0 fully saturated rings. The van der Waals surface area contributed by atoms with Crippen LogP contribution in [-0.4, -0.2) is 4.98 Å². The van der Waals surface area contributed by atoms with Crippen molar-refractivity contribution in [3.05, 3.63) is 28.8 Å². The van der Waals surface area contributed by atoms with Crippen molar-refractivity contribution >= 4 is 0 Å². The molecule has 0 aromatic carbocycles. The van der Waals surface area contributed by atoms with Gasteiger partial charge in [0, 0.05) is 6.07 Å². The topological polar surface area (TPSA) is 36.7 Å². The molecule has 1 heterocycles. The third kappa shape index (κ3) is 2.87. The molecule has 0 saturated carbocycles. The van der Waals surface area contributed by atoms with E-state index in [1.807, 2.05) is 0 Å². The zero-order valence-corrected chi connectivity index (χ0v) is 8.02. The first kappa shape index (κ1) is 13.3. The minimum atomic E-state index is -5.13. The fourth-order valence-electron chi connectivity index (χ4n) is 1.26. The van der Waals surface area contributed by atoms with E-state index < -0.39 is 41.8 Å². The number of nitriles is 1. The van der Waals surface area contributed by atoms with Gasteiger partial charge in [-0.15, -0.1) is 0 Å². The summed E-state index contributed by atoms with van der Waals surface area (Å²) in [6.45, 7) is 0. The molecule has 92 valence electrons. The maximum Gasteiger partial charge on any atom is 0.417 e. The van der Waals surface area contributed by atoms with E-state index in [1.165, 1.54) is 6.07 Å². The lowest BCUT2D eigenvalue weighted by Crippen LogP contribution is -2.14. The van der Waals surface area contributed by atoms with Crippen LogP contribution in [0.3, 0.4) is 0 Å². The maximum atomic E-state index is 12.8. The van der Waals surface area contributed by atoms with Crippen molar-refractivity contribution in [1.82, 2.24) is 4.98 Å². The molecule has 0 spiro atoms. The summed E-state index contributed by atoms with van der Waals surface area (Å²) >= 11 is 0. The molecule has 0 aliphatic rings. The summed E-state index contributed by atoms with van der Waals surface area (Å²) in [4.78, 5) is 2.89. The highest BCUT2D eigenvalue weighted by atomic mass is 19.4. The Labute approximate surface area is 91.5 Å². The van der Waals surface area contributed by atoms with Crippen LogP contribution in [0.5, 0.6) is 0 Å². The van der Waals surface area contributed by atoms with Gasteiger partial charge in [-0.25, -0.2) is 13.8 Å². The molecule has 1 aromatic rings. The summed E-state index contributed by atoms with van der Waals surface area (Å²) in [5, 5.41) is 8.27. The quantitative estimate of drug-likeness (QED) is 0.600. The van der Waals surface area contributed by atoms with Crippen molar-refractivity contribution in [1.29, 1.82) is 5.26 Å². The summed E-state index contributed by atoms with van der Waals surface area (Å²) in [5.41, 5.74) is -4.14. The molecule has 0 aliphatic heterocycles. The number of pyridine rings is 1. The van der Waals surface area contributed by atoms with Gasteiger partial charge in [0.05, 0.1) is 29.3 Å². The van der Waals surface area contributed by atoms with E-state index in [9.17, 15) is 26.3 Å². The Morgan fingerprint density at radius 1 is 1.35 bits per heavy atom. The Kier molecular flexibility index (Phi) is 3.60. The van der Waals surface area contributed by atoms with Gasteiger partial charge in [0.2, 0.25) is 5.95 Å². The Bertz CT molecular complexity index is 460. The van der Waals surface area contributed by atoms with Crippen LogP contribution in [0.2, 0.25) is 0 Å². The SMILES string of the molecule is N#CCc1nc(F)cc(C(F)(F)F)c1C(F)F. The summed E-state index contributed by atoms with van der Waals surface area (Å²) in [6, 6.07) is 1.25. The minimum absolute atomic E-state index is 0.109. The molecule has 0 N–H and O–H groups in total. The second-order valence-corrected chi connectivity index (χ2v) is 2.99. The predicted molar refractivity (Wildman–Crippen MR) is 43.5 cm³/mol. The van der Waals surface area contributed by atoms with Crippen molar-refractivity contribution in [3.63, 3.8) is 0 Å². The number of alkyl halides is 5. The molecule has 0 saturated heterocycles. The van der Waals surface area contributed by atoms with Gasteiger partial charge in [0.1, 0.15) is 0 Å². The van der Waals surface area contributed by atoms with Gasteiger partial charge >= 0.3 is 6.18 Å². The number of aromatic nitrogens is 1. The lowest BCUT2D eigenvalue weighted by molar-refractivity contribution is -0.139. The van der Waals surface area contributed by atoms with E-state index >= 15 is 0 Å². The van der Waals surface area contributed by atoms with Crippen LogP contribution in [0.4, 0.5) is 26.3 Å². The van der Waals surface area contributed by atoms with Gasteiger partial charge in [-0.05, 0) is 0 Å². The molecule has 0 amide bonds. The van der Waals surface area contributed by atoms with Crippen LogP contribution < -0.4 is 0 Å². The lowest BCUT2D eigenvalue weighted by Gasteiger charge is -2.14. The van der Waals surface area contributed by atoms with Crippen LogP contribution in [0.25, 0.3) is 0 Å². The average molecular weight is 254 g/mol. The zero-order valence-electron chi connectivity index (χ0n) is 8.02. The molecule has 8 heteroatoms. The fourth-order valence-corrected chi connectivity index (χ4v) is 1.26. The smallest absolute Gasteiger partial charge is 0.223 e. The van der Waals surface area contributed by atoms with E-state index in [-0.39, 0.29) is 6.07 Å². The number of halogens is 6. The van der Waals surface area contributed by atoms with Crippen molar-refractivity contribution in [2.24, 2.45) is 0 Å². The van der Waals surface area contributed by atoms with E-state index in [0.717, 1.165) is 0 Å². The lowest BCUT2D eigenvalue weighted by atomic mass is 10.0. The number of nitrogens with zero attached hydrogens (tertiary/aromatic N) is 2. The standard InChI is InChI=1S/C9H4F6N2/c10-6-3-4(9(13,14)15)7(8(11)12)5(17-6)1-2-16/h3,8H,1H2. The average Bonchev–Trinajstić information content (AvgIpc) is 2.15. The Balaban J connectivity index is 3.53. The normalized spacial score (nSPS) is 11.6. The second kappa shape index (κ2) is 4.61. The Morgan fingerprint density at radius 2 is 1.94 bits per heavy atom. The Hall–Kier alpha value is -1.78. The van der Waals surface area contributed by atoms with E-state index in [4.69, 9.17) is 5.26 Å². The molecule has 2 nitrogen and oxygen atoms in total. The zero-order chi connectivity index (χ0) is 13.2. The van der Waals surface area contributed by atoms with Gasteiger partial charge in [0.25, 0.3) is 6.43 Å². The Morgan fingerprint density at radius 3 is 2.35 bits per heavy atom. The first-order valence-electron chi connectivity index (χ1n) is 4.19. The van der Waals surface area contributed by atoms with Gasteiger partial charge in [0.15, 0.2) is 0 Å². The maximum absolute atomic E-state index is 12.8. The summed E-state index contributed by atoms with van der Waals surface area (Å²) in [7, 11) is 0. The van der Waals surface area contributed by atoms with Crippen molar-refractivity contribution in [2.75, 3.05) is 0 Å². The number of hydrogen-bond donors (Lipinski definition) is 0. The molecule has 0 unspecified atom stereocenters. The highest BCUT2D eigenvalue weighted by Gasteiger charge is 2.38. The molecule has 1 aromatic heterocycles. The van der Waals surface area contributed by atoms with Crippen molar-refractivity contribution < 1.29 is 26.3 Å². The molecule has 0 bridgehead atoms. The van der Waals surface area contributed by atoms with E-state index in [0.29, 0.717) is 0 Å². The van der Waals surface area contributed by atoms with Crippen LogP contribution in [0.1, 0.15) is 23.2 Å². The van der Waals surface area contributed by atoms with Crippen molar-refractivity contribution in [2.45, 2.75) is 19.0 Å². The van der Waals surface area contributed by atoms with Crippen LogP contribution in [0.15, 0.2) is 6.07 Å². The van der Waals surface area contributed by atoms with Gasteiger partial charge in [-0.2, -0.15) is 22.8 Å². The summed E-state index contributed by atoms with van der Waals surface area (Å²) in [5.74, 6) is -1.55. The van der Waals surface area contributed by atoms with E-state index in [1.54, 1.807) is 0 Å². The third-order valence-electron chi connectivity index (χ3n) is 1.88. The predicted octanol–water partition coefficient (Wildman–Crippen LogP) is 3.24. The number of rotatable bonds is 2. The first-order valence-corrected chi connectivity index (χ1v) is 4.19. The van der Waals surface area contributed by atoms with E-state index in [2.05, 4.69) is 4.98 Å². The molecular formula is C9H4F6N2. The number of hydrogen-bond acceptors (Lipinski definition) is 2. The molecular weight excluding hydrogens is 250 g/mol. The van der Waals surface area contributed by atoms with Crippen molar-refractivity contribution in [3.8, 4) is 6.07 Å². The second-order valence-electron chi connectivity index (χ2n) is 2.99. The van der Waals surface area contributed by atoms with Gasteiger partial charge in [-0.1, -0.05) is 0 Å². The minimum Gasteiger partial charge on any atom is -0.223 e. The molecule has 1 rings (SSSR count). The first-order chi connectivity index (χ1) is 7.77. The monoisotopic (exact) mass is 254 g/mol.